The highest BCUT2D eigenvalue weighted by molar-refractivity contribution is 6.27. The number of nitro benzene ring substituents is 1. The molecule has 0 bridgehead atoms. The van der Waals surface area contributed by atoms with Crippen LogP contribution >= 0.6 is 0 Å². The summed E-state index contributed by atoms with van der Waals surface area (Å²) < 4.78 is 2.52. The smallest absolute Gasteiger partial charge is 0.414 e. The second-order valence-corrected chi connectivity index (χ2v) is 8.70. The Labute approximate surface area is 226 Å². The molecule has 14 nitrogen and oxygen atoms in total. The first-order chi connectivity index (χ1) is 18.4. The number of anilines is 1. The van der Waals surface area contributed by atoms with Crippen molar-refractivity contribution in [3.63, 3.8) is 0 Å². The van der Waals surface area contributed by atoms with Crippen LogP contribution in [0.2, 0.25) is 0 Å². The number of hydrogen-bond acceptors (Lipinski definition) is 9. The van der Waals surface area contributed by atoms with Crippen molar-refractivity contribution in [2.45, 2.75) is 26.7 Å². The molecule has 0 saturated heterocycles. The molecule has 39 heavy (non-hydrogen) atoms. The van der Waals surface area contributed by atoms with E-state index in [2.05, 4.69) is 29.0 Å². The number of likely N-dealkylation sites (N-methyl/N-ethyl adjacent to an activating group) is 1. The number of non-ortho nitro benzene ring substituents is 1. The second-order valence-electron chi connectivity index (χ2n) is 8.70. The molecule has 0 radical (unpaired) electrons. The van der Waals surface area contributed by atoms with Gasteiger partial charge in [0, 0.05) is 58.5 Å². The van der Waals surface area contributed by atoms with E-state index in [0.29, 0.717) is 12.4 Å². The van der Waals surface area contributed by atoms with Crippen LogP contribution in [0.5, 0.6) is 0 Å². The molecule has 1 aromatic heterocycles. The van der Waals surface area contributed by atoms with Gasteiger partial charge in [-0.1, -0.05) is 26.0 Å². The van der Waals surface area contributed by atoms with Gasteiger partial charge < -0.3 is 25.3 Å². The predicted molar refractivity (Wildman–Crippen MR) is 146 cm³/mol. The monoisotopic (exact) mass is 550 g/mol. The molecule has 0 aliphatic heterocycles. The number of carboxylic acid groups (broad SMARTS) is 2. The van der Waals surface area contributed by atoms with E-state index < -0.39 is 11.9 Å². The number of aromatic nitrogens is 2. The Balaban J connectivity index is 0.00000113. The third kappa shape index (κ3) is 11.5. The molecule has 0 spiro atoms. The maximum atomic E-state index is 12.1. The summed E-state index contributed by atoms with van der Waals surface area (Å²) in [5.74, 6) is -3.14. The molecular weight excluding hydrogens is 512 g/mol. The van der Waals surface area contributed by atoms with Crippen LogP contribution in [0.1, 0.15) is 25.8 Å². The van der Waals surface area contributed by atoms with E-state index in [-0.39, 0.29) is 21.9 Å². The number of aryl methyl sites for hydroxylation is 1. The van der Waals surface area contributed by atoms with Crippen LogP contribution in [0.4, 0.5) is 11.5 Å². The summed E-state index contributed by atoms with van der Waals surface area (Å²) in [4.78, 5) is 57.4. The van der Waals surface area contributed by atoms with Crippen LogP contribution in [0, 0.1) is 10.1 Å². The molecule has 2 aromatic rings. The average Bonchev–Trinajstić information content (AvgIpc) is 2.91. The van der Waals surface area contributed by atoms with Crippen molar-refractivity contribution in [1.29, 1.82) is 0 Å². The lowest BCUT2D eigenvalue weighted by molar-refractivity contribution is -0.384. The number of carboxylic acids is 2. The molecule has 0 amide bonds. The predicted octanol–water partition coefficient (Wildman–Crippen LogP) is 0.836. The van der Waals surface area contributed by atoms with Gasteiger partial charge in [0.25, 0.3) is 11.2 Å². The zero-order chi connectivity index (χ0) is 29.5. The van der Waals surface area contributed by atoms with Gasteiger partial charge >= 0.3 is 17.6 Å². The minimum Gasteiger partial charge on any atom is -0.473 e. The normalized spacial score (nSPS) is 10.7. The Hall–Kier alpha value is -4.04. The highest BCUT2D eigenvalue weighted by atomic mass is 16.6. The Bertz CT molecular complexity index is 1190. The number of carbonyl (C=O) groups is 2. The third-order valence-corrected chi connectivity index (χ3v) is 6.16. The topological polar surface area (TPSA) is 180 Å². The van der Waals surface area contributed by atoms with Gasteiger partial charge in [-0.15, -0.1) is 0 Å². The molecule has 0 saturated carbocycles. The summed E-state index contributed by atoms with van der Waals surface area (Å²) in [5, 5.41) is 28.8. The lowest BCUT2D eigenvalue weighted by atomic mass is 10.1. The first kappa shape index (κ1) is 33.0. The summed E-state index contributed by atoms with van der Waals surface area (Å²) in [6, 6.07) is 8.17. The largest absolute Gasteiger partial charge is 0.473 e. The molecular formula is C25H38N6O8. The number of nitrogens with one attached hydrogen (secondary N) is 1. The van der Waals surface area contributed by atoms with E-state index in [1.54, 1.807) is 19.2 Å². The van der Waals surface area contributed by atoms with E-state index in [9.17, 15) is 19.7 Å². The molecule has 0 aliphatic carbocycles. The van der Waals surface area contributed by atoms with Crippen LogP contribution < -0.4 is 16.6 Å². The molecule has 1 heterocycles. The van der Waals surface area contributed by atoms with Crippen molar-refractivity contribution < 1.29 is 24.7 Å². The Morgan fingerprint density at radius 3 is 2.00 bits per heavy atom. The number of benzene rings is 1. The molecule has 1 aromatic carbocycles. The minimum absolute atomic E-state index is 0.107. The quantitative estimate of drug-likeness (QED) is 0.172. The Morgan fingerprint density at radius 1 is 0.923 bits per heavy atom. The van der Waals surface area contributed by atoms with Gasteiger partial charge in [-0.3, -0.25) is 24.0 Å². The first-order valence-electron chi connectivity index (χ1n) is 12.6. The number of nitro groups is 1. The summed E-state index contributed by atoms with van der Waals surface area (Å²) in [6.45, 7) is 10.5. The Kier molecular flexibility index (Phi) is 14.2. The lowest BCUT2D eigenvalue weighted by Crippen LogP contribution is -2.40. The second kappa shape index (κ2) is 16.7. The fourth-order valence-corrected chi connectivity index (χ4v) is 3.69. The highest BCUT2D eigenvalue weighted by Gasteiger charge is 2.10. The van der Waals surface area contributed by atoms with Crippen LogP contribution in [0.25, 0.3) is 0 Å². The van der Waals surface area contributed by atoms with Gasteiger partial charge in [0.1, 0.15) is 5.82 Å². The number of nitrogens with zero attached hydrogens (tertiary/aromatic N) is 5. The van der Waals surface area contributed by atoms with E-state index >= 15 is 0 Å². The van der Waals surface area contributed by atoms with Crippen molar-refractivity contribution in [2.24, 2.45) is 14.1 Å². The van der Waals surface area contributed by atoms with Crippen molar-refractivity contribution in [2.75, 3.05) is 51.1 Å². The lowest BCUT2D eigenvalue weighted by Gasteiger charge is -2.26. The maximum Gasteiger partial charge on any atom is 0.414 e. The highest BCUT2D eigenvalue weighted by Crippen LogP contribution is 2.13. The van der Waals surface area contributed by atoms with Gasteiger partial charge in [-0.05, 0) is 38.0 Å². The first-order valence-corrected chi connectivity index (χ1v) is 12.6. The SMILES string of the molecule is CCN(CC)CCN(CCCc1ccc([N+](=O)[O-])cc1)CCNc1cc(=O)n(C)c(=O)n1C.O=C(O)C(=O)O. The summed E-state index contributed by atoms with van der Waals surface area (Å²) >= 11 is 0. The summed E-state index contributed by atoms with van der Waals surface area (Å²) in [7, 11) is 3.11. The number of aliphatic carboxylic acids is 2. The molecule has 0 unspecified atom stereocenters. The van der Waals surface area contributed by atoms with Crippen molar-refractivity contribution in [1.82, 2.24) is 18.9 Å². The van der Waals surface area contributed by atoms with Gasteiger partial charge in [-0.2, -0.15) is 0 Å². The zero-order valence-corrected chi connectivity index (χ0v) is 22.8. The van der Waals surface area contributed by atoms with E-state index in [1.165, 1.54) is 17.7 Å². The van der Waals surface area contributed by atoms with Gasteiger partial charge in [0.15, 0.2) is 0 Å². The van der Waals surface area contributed by atoms with Crippen LogP contribution in [0.15, 0.2) is 39.9 Å². The standard InChI is InChI=1S/C23H36N6O4.C2H2O4/c1-5-27(6-2)16-17-28(14-7-8-19-9-11-20(12-10-19)29(32)33)15-13-24-21-18-22(30)26(4)23(31)25(21)3;3-1(4)2(5)6/h9-12,18,24H,5-8,13-17H2,1-4H3;(H,3,4)(H,5,6). The van der Waals surface area contributed by atoms with Crippen LogP contribution in [0.3, 0.4) is 0 Å². The molecule has 0 atom stereocenters. The number of hydrogen-bond donors (Lipinski definition) is 3. The number of rotatable bonds is 14. The minimum atomic E-state index is -1.82. The maximum absolute atomic E-state index is 12.1. The van der Waals surface area contributed by atoms with E-state index in [1.807, 2.05) is 12.1 Å². The van der Waals surface area contributed by atoms with Crippen molar-refractivity contribution in [3.8, 4) is 0 Å². The van der Waals surface area contributed by atoms with Crippen molar-refractivity contribution >= 4 is 23.4 Å². The molecule has 14 heteroatoms. The van der Waals surface area contributed by atoms with Crippen LogP contribution in [-0.4, -0.2) is 91.8 Å². The van der Waals surface area contributed by atoms with Crippen molar-refractivity contribution in [3.05, 3.63) is 66.8 Å². The van der Waals surface area contributed by atoms with Gasteiger partial charge in [0.2, 0.25) is 0 Å². The fourth-order valence-electron chi connectivity index (χ4n) is 3.69. The fraction of sp³-hybridized carbons (Fsp3) is 0.520. The molecule has 0 fully saturated rings. The Morgan fingerprint density at radius 2 is 1.49 bits per heavy atom. The van der Waals surface area contributed by atoms with Gasteiger partial charge in [-0.25, -0.2) is 14.4 Å². The average molecular weight is 551 g/mol. The van der Waals surface area contributed by atoms with Gasteiger partial charge in [0.05, 0.1) is 4.92 Å². The molecule has 0 aliphatic rings. The molecule has 2 rings (SSSR count). The molecule has 3 N–H and O–H groups in total. The van der Waals surface area contributed by atoms with E-state index in [4.69, 9.17) is 19.8 Å². The molecule has 216 valence electrons. The van der Waals surface area contributed by atoms with Crippen LogP contribution in [-0.2, 0) is 30.1 Å². The summed E-state index contributed by atoms with van der Waals surface area (Å²) in [6.07, 6.45) is 1.77. The van der Waals surface area contributed by atoms with E-state index in [0.717, 1.165) is 62.2 Å². The zero-order valence-electron chi connectivity index (χ0n) is 22.8. The summed E-state index contributed by atoms with van der Waals surface area (Å²) in [5.41, 5.74) is 0.502. The third-order valence-electron chi connectivity index (χ3n) is 6.16.